The van der Waals surface area contributed by atoms with Crippen molar-refractivity contribution in [1.29, 1.82) is 0 Å². The summed E-state index contributed by atoms with van der Waals surface area (Å²) < 4.78 is 23.2. The first kappa shape index (κ1) is 50.8. The normalized spacial score (nSPS) is 25.2. The van der Waals surface area contributed by atoms with Crippen LogP contribution in [0.15, 0.2) is 48.8 Å². The molecule has 72 heavy (non-hydrogen) atoms. The van der Waals surface area contributed by atoms with Gasteiger partial charge in [-0.25, -0.2) is 14.4 Å². The van der Waals surface area contributed by atoms with E-state index in [0.29, 0.717) is 88.8 Å². The van der Waals surface area contributed by atoms with Gasteiger partial charge in [-0.05, 0) is 112 Å². The van der Waals surface area contributed by atoms with Gasteiger partial charge >= 0.3 is 0 Å². The van der Waals surface area contributed by atoms with Crippen molar-refractivity contribution in [3.05, 3.63) is 87.6 Å². The standard InChI is InChI=1S/C56H74ClFN8O6/c1-36-32-46(67)50-47(36)51(60-35-59-50)63-28-30-65(31-29-63)53(69)45(37-13-15-40(57)16-14-37)34-62-24-17-41(18-25-62)72-42-19-26-64(27-20-42)54(70)49(38-8-4-3-5-9-38)61-52(68)44-12-6-11-43(48(44)58)39-10-7-23-66(33-39)55(71)56(2)21-22-56/h6,11-16,35-36,38-39,41-42,45-46,49,67H,3-5,7-10,17-34H2,1-2H3,(H,61,68)/t36-,39?,45-,46-,49-/m1/s1. The molecule has 7 aliphatic rings. The summed E-state index contributed by atoms with van der Waals surface area (Å²) >= 11 is 6.32. The Balaban J connectivity index is 0.716. The number of hydrogen-bond acceptors (Lipinski definition) is 10. The Bertz CT molecular complexity index is 2430. The van der Waals surface area contributed by atoms with Gasteiger partial charge in [-0.15, -0.1) is 0 Å². The van der Waals surface area contributed by atoms with Crippen LogP contribution in [0.5, 0.6) is 0 Å². The highest BCUT2D eigenvalue weighted by Gasteiger charge is 2.48. The van der Waals surface area contributed by atoms with E-state index in [9.17, 15) is 24.3 Å². The summed E-state index contributed by atoms with van der Waals surface area (Å²) in [5.74, 6) is -0.444. The van der Waals surface area contributed by atoms with Crippen molar-refractivity contribution < 1.29 is 33.4 Å². The van der Waals surface area contributed by atoms with E-state index in [4.69, 9.17) is 16.3 Å². The number of amides is 4. The molecule has 4 saturated heterocycles. The van der Waals surface area contributed by atoms with Crippen LogP contribution in [0.4, 0.5) is 10.2 Å². The number of hydrogen-bond donors (Lipinski definition) is 2. The van der Waals surface area contributed by atoms with Crippen molar-refractivity contribution in [1.82, 2.24) is 34.9 Å². The predicted octanol–water partition coefficient (Wildman–Crippen LogP) is 7.60. The molecule has 0 spiro atoms. The van der Waals surface area contributed by atoms with Gasteiger partial charge in [-0.1, -0.05) is 69.0 Å². The molecular formula is C56H74ClFN8O6. The largest absolute Gasteiger partial charge is 0.387 e. The Morgan fingerprint density at radius 1 is 0.806 bits per heavy atom. The maximum atomic E-state index is 16.4. The van der Waals surface area contributed by atoms with Crippen LogP contribution in [0.2, 0.25) is 5.02 Å². The number of piperidine rings is 3. The van der Waals surface area contributed by atoms with Crippen molar-refractivity contribution in [2.75, 3.05) is 76.9 Å². The summed E-state index contributed by atoms with van der Waals surface area (Å²) in [5, 5.41) is 14.3. The molecule has 2 aromatic carbocycles. The van der Waals surface area contributed by atoms with Gasteiger partial charge in [0, 0.05) is 93.9 Å². The number of aliphatic hydroxyl groups is 1. The number of fused-ring (bicyclic) bond motifs is 1. The van der Waals surface area contributed by atoms with Gasteiger partial charge in [-0.2, -0.15) is 0 Å². The lowest BCUT2D eigenvalue weighted by Gasteiger charge is -2.40. The number of benzene rings is 2. The fraction of sp³-hybridized carbons (Fsp3) is 0.643. The molecule has 10 rings (SSSR count). The predicted molar refractivity (Wildman–Crippen MR) is 273 cm³/mol. The van der Waals surface area contributed by atoms with Gasteiger partial charge in [0.15, 0.2) is 0 Å². The fourth-order valence-corrected chi connectivity index (χ4v) is 12.9. The molecule has 0 bridgehead atoms. The third-order valence-electron chi connectivity index (χ3n) is 17.5. The van der Waals surface area contributed by atoms with E-state index in [0.717, 1.165) is 106 Å². The second-order valence-corrected chi connectivity index (χ2v) is 22.9. The number of halogens is 2. The Kier molecular flexibility index (Phi) is 15.5. The summed E-state index contributed by atoms with van der Waals surface area (Å²) in [4.78, 5) is 75.6. The van der Waals surface area contributed by atoms with E-state index in [1.165, 1.54) is 6.07 Å². The summed E-state index contributed by atoms with van der Waals surface area (Å²) in [7, 11) is 0. The molecule has 0 radical (unpaired) electrons. The van der Waals surface area contributed by atoms with Crippen LogP contribution in [0.25, 0.3) is 0 Å². The van der Waals surface area contributed by atoms with Gasteiger partial charge in [0.05, 0.1) is 35.5 Å². The fourth-order valence-electron chi connectivity index (χ4n) is 12.8. The minimum Gasteiger partial charge on any atom is -0.387 e. The van der Waals surface area contributed by atoms with E-state index < -0.39 is 23.9 Å². The van der Waals surface area contributed by atoms with E-state index in [1.807, 2.05) is 45.9 Å². The number of likely N-dealkylation sites (tertiary alicyclic amines) is 3. The van der Waals surface area contributed by atoms with Crippen molar-refractivity contribution in [2.24, 2.45) is 11.3 Å². The molecule has 1 unspecified atom stereocenters. The number of aliphatic hydroxyl groups excluding tert-OH is 1. The van der Waals surface area contributed by atoms with Crippen molar-refractivity contribution >= 4 is 41.0 Å². The number of carbonyl (C=O) groups excluding carboxylic acids is 4. The SMILES string of the molecule is C[C@@H]1C[C@@H](O)c2ncnc(N3CCN(C(=O)[C@H](CN4CCC(OC5CCN(C(=O)[C@H](NC(=O)c6cccc(C7CCCN(C(=O)C8(C)CC8)C7)c6F)C6CCCCC6)CC5)CC4)c4ccc(Cl)cc4)CC3)c21. The molecule has 388 valence electrons. The molecule has 2 saturated carbocycles. The second kappa shape index (κ2) is 22.0. The summed E-state index contributed by atoms with van der Waals surface area (Å²) in [5.41, 5.74) is 2.84. The van der Waals surface area contributed by atoms with Crippen molar-refractivity contribution in [3.63, 3.8) is 0 Å². The Labute approximate surface area is 429 Å². The van der Waals surface area contributed by atoms with E-state index in [1.54, 1.807) is 18.5 Å². The smallest absolute Gasteiger partial charge is 0.254 e. The zero-order valence-electron chi connectivity index (χ0n) is 42.3. The van der Waals surface area contributed by atoms with Crippen molar-refractivity contribution in [3.8, 4) is 0 Å². The molecule has 2 N–H and O–H groups in total. The molecule has 5 heterocycles. The zero-order valence-corrected chi connectivity index (χ0v) is 43.0. The molecule has 16 heteroatoms. The second-order valence-electron chi connectivity index (χ2n) is 22.4. The molecule has 6 fully saturated rings. The number of ether oxygens (including phenoxy) is 1. The van der Waals surface area contributed by atoms with E-state index in [2.05, 4.69) is 32.0 Å². The molecule has 3 aliphatic carbocycles. The summed E-state index contributed by atoms with van der Waals surface area (Å²) in [6.07, 6.45) is 12.9. The van der Waals surface area contributed by atoms with Gasteiger partial charge in [0.1, 0.15) is 24.0 Å². The van der Waals surface area contributed by atoms with Crippen LogP contribution in [-0.2, 0) is 19.1 Å². The Hall–Kier alpha value is -4.70. The number of nitrogens with one attached hydrogen (secondary N) is 1. The zero-order chi connectivity index (χ0) is 50.1. The monoisotopic (exact) mass is 1010 g/mol. The van der Waals surface area contributed by atoms with Crippen LogP contribution in [0.3, 0.4) is 0 Å². The number of aromatic nitrogens is 2. The Morgan fingerprint density at radius 2 is 1.49 bits per heavy atom. The van der Waals surface area contributed by atoms with Gasteiger partial charge in [-0.3, -0.25) is 19.2 Å². The highest BCUT2D eigenvalue weighted by Crippen LogP contribution is 2.48. The van der Waals surface area contributed by atoms with Crippen molar-refractivity contribution in [2.45, 2.75) is 146 Å². The first-order valence-corrected chi connectivity index (χ1v) is 27.6. The average Bonchev–Trinajstić information content (AvgIpc) is 4.10. The van der Waals surface area contributed by atoms with Crippen LogP contribution in [-0.4, -0.2) is 149 Å². The molecule has 4 amide bonds. The first-order chi connectivity index (χ1) is 34.8. The number of piperazine rings is 1. The van der Waals surface area contributed by atoms with Crippen LogP contribution in [0, 0.1) is 17.2 Å². The molecule has 14 nitrogen and oxygen atoms in total. The lowest BCUT2D eigenvalue weighted by molar-refractivity contribution is -0.139. The highest BCUT2D eigenvalue weighted by molar-refractivity contribution is 6.30. The lowest BCUT2D eigenvalue weighted by Crippen LogP contribution is -2.55. The van der Waals surface area contributed by atoms with Gasteiger partial charge in [0.25, 0.3) is 5.91 Å². The third kappa shape index (κ3) is 11.1. The summed E-state index contributed by atoms with van der Waals surface area (Å²) in [6, 6.07) is 11.9. The quantitative estimate of drug-likeness (QED) is 0.175. The highest BCUT2D eigenvalue weighted by atomic mass is 35.5. The molecular weight excluding hydrogens is 935 g/mol. The number of anilines is 1. The lowest BCUT2D eigenvalue weighted by atomic mass is 9.83. The van der Waals surface area contributed by atoms with Gasteiger partial charge < -0.3 is 39.7 Å². The minimum atomic E-state index is -0.734. The summed E-state index contributed by atoms with van der Waals surface area (Å²) in [6.45, 7) is 11.0. The minimum absolute atomic E-state index is 0.0154. The Morgan fingerprint density at radius 3 is 2.18 bits per heavy atom. The molecule has 4 aliphatic heterocycles. The van der Waals surface area contributed by atoms with Crippen LogP contribution < -0.4 is 10.2 Å². The first-order valence-electron chi connectivity index (χ1n) is 27.2. The molecule has 3 aromatic rings. The topological polar surface area (TPSA) is 152 Å². The number of rotatable bonds is 13. The molecule has 1 aromatic heterocycles. The molecule has 5 atom stereocenters. The third-order valence-corrected chi connectivity index (χ3v) is 17.7. The average molecular weight is 1010 g/mol. The maximum absolute atomic E-state index is 16.4. The number of nitrogens with zero attached hydrogens (tertiary/aromatic N) is 7. The number of carbonyl (C=O) groups is 4. The van der Waals surface area contributed by atoms with Gasteiger partial charge in [0.2, 0.25) is 17.7 Å². The van der Waals surface area contributed by atoms with E-state index >= 15 is 4.39 Å². The van der Waals surface area contributed by atoms with Crippen LogP contribution >= 0.6 is 11.6 Å². The van der Waals surface area contributed by atoms with Crippen LogP contribution in [0.1, 0.15) is 160 Å². The van der Waals surface area contributed by atoms with E-state index in [-0.39, 0.29) is 64.6 Å². The maximum Gasteiger partial charge on any atom is 0.254 e.